The van der Waals surface area contributed by atoms with Gasteiger partial charge in [0.05, 0.1) is 35.5 Å². The quantitative estimate of drug-likeness (QED) is 0.173. The maximum Gasteiger partial charge on any atom is 0.301 e. The van der Waals surface area contributed by atoms with Crippen molar-refractivity contribution in [3.05, 3.63) is 89.0 Å². The molecule has 2 heterocycles. The van der Waals surface area contributed by atoms with E-state index < -0.39 is 17.7 Å². The highest BCUT2D eigenvalue weighted by molar-refractivity contribution is 7.22. The average molecular weight is 529 g/mol. The number of benzene rings is 3. The lowest BCUT2D eigenvalue weighted by molar-refractivity contribution is -0.132. The van der Waals surface area contributed by atoms with Gasteiger partial charge in [0.1, 0.15) is 17.3 Å². The summed E-state index contributed by atoms with van der Waals surface area (Å²) in [5, 5.41) is 11.8. The summed E-state index contributed by atoms with van der Waals surface area (Å²) in [4.78, 5) is 33.1. The van der Waals surface area contributed by atoms with Crippen LogP contribution in [0, 0.1) is 12.8 Å². The Kier molecular flexibility index (Phi) is 6.91. The van der Waals surface area contributed by atoms with E-state index in [4.69, 9.17) is 9.47 Å². The number of anilines is 1. The number of carbonyl (C=O) groups excluding carboxylic acids is 2. The van der Waals surface area contributed by atoms with Crippen molar-refractivity contribution < 1.29 is 24.2 Å². The van der Waals surface area contributed by atoms with Crippen LogP contribution in [0.5, 0.6) is 11.5 Å². The molecule has 3 aromatic carbocycles. The average Bonchev–Trinajstić information content (AvgIpc) is 3.44. The van der Waals surface area contributed by atoms with Crippen LogP contribution in [-0.4, -0.2) is 35.5 Å². The van der Waals surface area contributed by atoms with E-state index in [1.807, 2.05) is 57.2 Å². The van der Waals surface area contributed by atoms with Crippen LogP contribution in [0.2, 0.25) is 0 Å². The van der Waals surface area contributed by atoms with Crippen LogP contribution in [0.25, 0.3) is 16.0 Å². The molecule has 0 aliphatic carbocycles. The molecule has 0 spiro atoms. The highest BCUT2D eigenvalue weighted by Crippen LogP contribution is 2.45. The standard InChI is InChI=1S/C30H28N2O5S/c1-17(2)16-37-22-10-6-9-20(14-22)27(33)25-26(19-8-5-7-18(3)13-19)32(29(35)28(25)34)30-31-23-12-11-21(36-4)15-24(23)38-30/h5-15,17,26,33H,16H2,1-4H3/b27-25+. The van der Waals surface area contributed by atoms with Gasteiger partial charge in [-0.2, -0.15) is 0 Å². The fourth-order valence-corrected chi connectivity index (χ4v) is 5.48. The molecule has 4 aromatic rings. The number of aliphatic hydroxyl groups excluding tert-OH is 1. The number of thiazole rings is 1. The monoisotopic (exact) mass is 528 g/mol. The van der Waals surface area contributed by atoms with E-state index in [1.54, 1.807) is 37.4 Å². The fourth-order valence-electron chi connectivity index (χ4n) is 4.46. The van der Waals surface area contributed by atoms with Gasteiger partial charge in [-0.05, 0) is 48.7 Å². The molecule has 38 heavy (non-hydrogen) atoms. The minimum Gasteiger partial charge on any atom is -0.507 e. The third-order valence-electron chi connectivity index (χ3n) is 6.28. The highest BCUT2D eigenvalue weighted by Gasteiger charge is 2.48. The van der Waals surface area contributed by atoms with Crippen LogP contribution in [-0.2, 0) is 9.59 Å². The molecule has 1 unspecified atom stereocenters. The number of ether oxygens (including phenoxy) is 2. The van der Waals surface area contributed by atoms with E-state index in [0.717, 1.165) is 10.3 Å². The number of Topliss-reactive ketones (excluding diaryl/α,β-unsaturated/α-hetero) is 1. The third-order valence-corrected chi connectivity index (χ3v) is 7.30. The zero-order valence-electron chi connectivity index (χ0n) is 21.6. The van der Waals surface area contributed by atoms with Crippen molar-refractivity contribution in [2.75, 3.05) is 18.6 Å². The Bertz CT molecular complexity index is 1570. The summed E-state index contributed by atoms with van der Waals surface area (Å²) in [6.07, 6.45) is 0. The van der Waals surface area contributed by atoms with Gasteiger partial charge in [-0.15, -0.1) is 0 Å². The molecule has 1 saturated heterocycles. The predicted octanol–water partition coefficient (Wildman–Crippen LogP) is 6.27. The first-order valence-corrected chi connectivity index (χ1v) is 13.1. The molecule has 0 radical (unpaired) electrons. The molecule has 194 valence electrons. The molecule has 1 aliphatic heterocycles. The zero-order chi connectivity index (χ0) is 27.0. The molecular formula is C30H28N2O5S. The molecule has 1 fully saturated rings. The Morgan fingerprint density at radius 2 is 1.84 bits per heavy atom. The number of carbonyl (C=O) groups is 2. The van der Waals surface area contributed by atoms with Crippen molar-refractivity contribution in [3.63, 3.8) is 0 Å². The van der Waals surface area contributed by atoms with Gasteiger partial charge in [-0.25, -0.2) is 4.98 Å². The minimum atomic E-state index is -0.849. The van der Waals surface area contributed by atoms with E-state index in [-0.39, 0.29) is 11.3 Å². The number of hydrogen-bond acceptors (Lipinski definition) is 7. The maximum absolute atomic E-state index is 13.5. The van der Waals surface area contributed by atoms with Gasteiger partial charge in [-0.1, -0.05) is 67.1 Å². The molecule has 5 rings (SSSR count). The van der Waals surface area contributed by atoms with E-state index in [1.165, 1.54) is 16.2 Å². The van der Waals surface area contributed by atoms with Gasteiger partial charge in [0, 0.05) is 5.56 Å². The van der Waals surface area contributed by atoms with Crippen LogP contribution in [0.15, 0.2) is 72.3 Å². The summed E-state index contributed by atoms with van der Waals surface area (Å²) in [5.74, 6) is -0.188. The number of aromatic nitrogens is 1. The number of ketones is 1. The van der Waals surface area contributed by atoms with E-state index in [2.05, 4.69) is 4.98 Å². The van der Waals surface area contributed by atoms with Gasteiger partial charge in [0.15, 0.2) is 5.13 Å². The number of amides is 1. The molecule has 8 heteroatoms. The first-order valence-electron chi connectivity index (χ1n) is 12.3. The molecule has 1 aliphatic rings. The van der Waals surface area contributed by atoms with Gasteiger partial charge < -0.3 is 14.6 Å². The third kappa shape index (κ3) is 4.75. The van der Waals surface area contributed by atoms with Gasteiger partial charge in [0.25, 0.3) is 5.78 Å². The lowest BCUT2D eigenvalue weighted by Crippen LogP contribution is -2.29. The van der Waals surface area contributed by atoms with Gasteiger partial charge in [0.2, 0.25) is 0 Å². The van der Waals surface area contributed by atoms with Crippen molar-refractivity contribution in [3.8, 4) is 11.5 Å². The van der Waals surface area contributed by atoms with Gasteiger partial charge in [-0.3, -0.25) is 14.5 Å². The predicted molar refractivity (Wildman–Crippen MR) is 149 cm³/mol. The smallest absolute Gasteiger partial charge is 0.301 e. The summed E-state index contributed by atoms with van der Waals surface area (Å²) in [6.45, 7) is 6.55. The van der Waals surface area contributed by atoms with E-state index >= 15 is 0 Å². The van der Waals surface area contributed by atoms with Crippen LogP contribution < -0.4 is 14.4 Å². The molecule has 1 atom stereocenters. The van der Waals surface area contributed by atoms with Crippen LogP contribution in [0.4, 0.5) is 5.13 Å². The second-order valence-corrected chi connectivity index (χ2v) is 10.7. The van der Waals surface area contributed by atoms with Crippen LogP contribution in [0.1, 0.15) is 36.6 Å². The van der Waals surface area contributed by atoms with Crippen molar-refractivity contribution in [2.45, 2.75) is 26.8 Å². The number of aliphatic hydroxyl groups is 1. The SMILES string of the molecule is COc1ccc2nc(N3C(=O)C(=O)/C(=C(/O)c4cccc(OCC(C)C)c4)C3c3cccc(C)c3)sc2c1. The highest BCUT2D eigenvalue weighted by atomic mass is 32.1. The van der Waals surface area contributed by atoms with Crippen LogP contribution in [0.3, 0.4) is 0 Å². The van der Waals surface area contributed by atoms with E-state index in [9.17, 15) is 14.7 Å². The number of hydrogen-bond donors (Lipinski definition) is 1. The summed E-state index contributed by atoms with van der Waals surface area (Å²) >= 11 is 1.29. The minimum absolute atomic E-state index is 0.0125. The number of methoxy groups -OCH3 is 1. The van der Waals surface area contributed by atoms with Crippen molar-refractivity contribution in [1.29, 1.82) is 0 Å². The first-order chi connectivity index (χ1) is 18.3. The topological polar surface area (TPSA) is 89.0 Å². The number of fused-ring (bicyclic) bond motifs is 1. The number of nitrogens with zero attached hydrogens (tertiary/aromatic N) is 2. The zero-order valence-corrected chi connectivity index (χ0v) is 22.4. The first kappa shape index (κ1) is 25.5. The van der Waals surface area contributed by atoms with Crippen LogP contribution >= 0.6 is 11.3 Å². The van der Waals surface area contributed by atoms with Gasteiger partial charge >= 0.3 is 5.91 Å². The van der Waals surface area contributed by atoms with E-state index in [0.29, 0.717) is 45.8 Å². The Morgan fingerprint density at radius 3 is 2.58 bits per heavy atom. The molecule has 7 nitrogen and oxygen atoms in total. The molecular weight excluding hydrogens is 500 g/mol. The summed E-state index contributed by atoms with van der Waals surface area (Å²) in [7, 11) is 1.59. The molecule has 1 amide bonds. The summed E-state index contributed by atoms with van der Waals surface area (Å²) in [6, 6.07) is 19.1. The molecule has 0 saturated carbocycles. The number of aryl methyl sites for hydroxylation is 1. The molecule has 1 N–H and O–H groups in total. The Hall–Kier alpha value is -4.17. The normalized spacial score (nSPS) is 17.0. The van der Waals surface area contributed by atoms with Crippen molar-refractivity contribution in [2.24, 2.45) is 5.92 Å². The second-order valence-electron chi connectivity index (χ2n) is 9.65. The largest absolute Gasteiger partial charge is 0.507 e. The fraction of sp³-hybridized carbons (Fsp3) is 0.233. The summed E-state index contributed by atoms with van der Waals surface area (Å²) < 4.78 is 12.0. The Morgan fingerprint density at radius 1 is 1.05 bits per heavy atom. The maximum atomic E-state index is 13.5. The van der Waals surface area contributed by atoms with Crippen molar-refractivity contribution in [1.82, 2.24) is 4.98 Å². The summed E-state index contributed by atoms with van der Waals surface area (Å²) in [5.41, 5.74) is 2.76. The Labute approximate surface area is 225 Å². The molecule has 1 aromatic heterocycles. The second kappa shape index (κ2) is 10.3. The number of rotatable bonds is 7. The lowest BCUT2D eigenvalue weighted by Gasteiger charge is -2.23. The lowest BCUT2D eigenvalue weighted by atomic mass is 9.94. The van der Waals surface area contributed by atoms with Crippen molar-refractivity contribution >= 4 is 44.1 Å². The Balaban J connectivity index is 1.66. The molecule has 0 bridgehead atoms.